The molecule has 2 rings (SSSR count). The number of alkyl halides is 3. The molecule has 0 amide bonds. The fourth-order valence-electron chi connectivity index (χ4n) is 1.56. The van der Waals surface area contributed by atoms with E-state index in [9.17, 15) is 17.6 Å². The number of rotatable bonds is 3. The van der Waals surface area contributed by atoms with E-state index in [0.29, 0.717) is 12.1 Å². The Morgan fingerprint density at radius 1 is 1.24 bits per heavy atom. The Morgan fingerprint density at radius 2 is 1.95 bits per heavy atom. The van der Waals surface area contributed by atoms with E-state index in [4.69, 9.17) is 22.7 Å². The largest absolute Gasteiger partial charge is 0.438 e. The maximum Gasteiger partial charge on any atom is 0.419 e. The first-order valence-corrected chi connectivity index (χ1v) is 5.99. The molecule has 1 heterocycles. The van der Waals surface area contributed by atoms with E-state index in [2.05, 4.69) is 4.98 Å². The molecule has 0 aliphatic heterocycles. The van der Waals surface area contributed by atoms with Crippen molar-refractivity contribution in [2.75, 3.05) is 0 Å². The summed E-state index contributed by atoms with van der Waals surface area (Å²) in [5, 5.41) is 0. The van der Waals surface area contributed by atoms with Crippen LogP contribution in [0.25, 0.3) is 0 Å². The van der Waals surface area contributed by atoms with Gasteiger partial charge in [-0.2, -0.15) is 13.2 Å². The highest BCUT2D eigenvalue weighted by atomic mass is 32.1. The minimum Gasteiger partial charge on any atom is -0.438 e. The molecule has 0 saturated carbocycles. The van der Waals surface area contributed by atoms with Crippen molar-refractivity contribution < 1.29 is 22.3 Å². The van der Waals surface area contributed by atoms with Gasteiger partial charge in [-0.05, 0) is 30.3 Å². The van der Waals surface area contributed by atoms with Crippen LogP contribution in [0.1, 0.15) is 11.1 Å². The van der Waals surface area contributed by atoms with E-state index >= 15 is 0 Å². The molecule has 0 radical (unpaired) electrons. The molecule has 2 N–H and O–H groups in total. The number of halogens is 4. The Morgan fingerprint density at radius 3 is 2.57 bits per heavy atom. The van der Waals surface area contributed by atoms with Gasteiger partial charge in [0.2, 0.25) is 5.88 Å². The number of nitrogens with zero attached hydrogens (tertiary/aromatic N) is 1. The van der Waals surface area contributed by atoms with Crippen LogP contribution in [0, 0.1) is 5.82 Å². The second kappa shape index (κ2) is 5.65. The van der Waals surface area contributed by atoms with E-state index in [0.717, 1.165) is 6.07 Å². The van der Waals surface area contributed by atoms with Crippen molar-refractivity contribution >= 4 is 17.2 Å². The van der Waals surface area contributed by atoms with Gasteiger partial charge in [0.15, 0.2) is 0 Å². The summed E-state index contributed by atoms with van der Waals surface area (Å²) in [6, 6.07) is 5.34. The zero-order valence-corrected chi connectivity index (χ0v) is 11.1. The van der Waals surface area contributed by atoms with Crippen molar-refractivity contribution in [3.8, 4) is 11.6 Å². The van der Waals surface area contributed by atoms with Crippen LogP contribution in [0.15, 0.2) is 36.5 Å². The molecule has 8 heteroatoms. The molecule has 0 aliphatic rings. The number of benzene rings is 1. The summed E-state index contributed by atoms with van der Waals surface area (Å²) in [6.07, 6.45) is -3.45. The highest BCUT2D eigenvalue weighted by molar-refractivity contribution is 7.80. The molecule has 0 saturated heterocycles. The monoisotopic (exact) mass is 316 g/mol. The van der Waals surface area contributed by atoms with Crippen molar-refractivity contribution in [1.82, 2.24) is 4.98 Å². The Labute approximate surface area is 122 Å². The van der Waals surface area contributed by atoms with Crippen molar-refractivity contribution in [3.63, 3.8) is 0 Å². The first kappa shape index (κ1) is 15.2. The lowest BCUT2D eigenvalue weighted by molar-refractivity contribution is -0.140. The molecule has 0 bridgehead atoms. The molecule has 0 atom stereocenters. The van der Waals surface area contributed by atoms with E-state index in [1.807, 2.05) is 0 Å². The van der Waals surface area contributed by atoms with Crippen LogP contribution >= 0.6 is 12.2 Å². The van der Waals surface area contributed by atoms with Gasteiger partial charge in [0.1, 0.15) is 16.6 Å². The average Bonchev–Trinajstić information content (AvgIpc) is 2.40. The zero-order chi connectivity index (χ0) is 15.6. The molecule has 0 unspecified atom stereocenters. The number of ether oxygens (including phenoxy) is 1. The lowest BCUT2D eigenvalue weighted by atomic mass is 10.2. The molecule has 1 aromatic heterocycles. The smallest absolute Gasteiger partial charge is 0.419 e. The minimum absolute atomic E-state index is 0.0174. The summed E-state index contributed by atoms with van der Waals surface area (Å²) in [5.41, 5.74) is 4.31. The number of hydrogen-bond acceptors (Lipinski definition) is 3. The third-order valence-electron chi connectivity index (χ3n) is 2.49. The van der Waals surface area contributed by atoms with Crippen LogP contribution in [0.2, 0.25) is 0 Å². The van der Waals surface area contributed by atoms with Crippen LogP contribution in [-0.4, -0.2) is 9.97 Å². The molecule has 1 aromatic carbocycles. The maximum absolute atomic E-state index is 13.2. The molecule has 21 heavy (non-hydrogen) atoms. The minimum atomic E-state index is -4.82. The van der Waals surface area contributed by atoms with Gasteiger partial charge in [-0.25, -0.2) is 9.37 Å². The number of hydrogen-bond donors (Lipinski definition) is 1. The van der Waals surface area contributed by atoms with E-state index in [-0.39, 0.29) is 22.2 Å². The van der Waals surface area contributed by atoms with Crippen LogP contribution in [0.4, 0.5) is 17.6 Å². The van der Waals surface area contributed by atoms with Crippen molar-refractivity contribution in [3.05, 3.63) is 53.5 Å². The summed E-state index contributed by atoms with van der Waals surface area (Å²) >= 11 is 4.79. The van der Waals surface area contributed by atoms with Crippen LogP contribution in [-0.2, 0) is 6.18 Å². The topological polar surface area (TPSA) is 48.1 Å². The molecule has 0 spiro atoms. The lowest BCUT2D eigenvalue weighted by Gasteiger charge is -2.12. The summed E-state index contributed by atoms with van der Waals surface area (Å²) in [7, 11) is 0. The van der Waals surface area contributed by atoms with Gasteiger partial charge in [0, 0.05) is 6.20 Å². The predicted molar refractivity (Wildman–Crippen MR) is 71.6 cm³/mol. The standard InChI is InChI=1S/C13H8F4N2OS/c14-10-4-3-7(6-9(10)13(15,16)17)20-12-8(11(18)21)2-1-5-19-12/h1-6H,(H2,18,21). The molecular formula is C13H8F4N2OS. The van der Waals surface area contributed by atoms with Gasteiger partial charge in [0.05, 0.1) is 11.1 Å². The van der Waals surface area contributed by atoms with E-state index in [1.54, 1.807) is 6.07 Å². The third-order valence-corrected chi connectivity index (χ3v) is 2.71. The summed E-state index contributed by atoms with van der Waals surface area (Å²) in [6.45, 7) is 0. The highest BCUT2D eigenvalue weighted by Gasteiger charge is 2.34. The number of pyridine rings is 1. The van der Waals surface area contributed by atoms with E-state index in [1.165, 1.54) is 12.3 Å². The van der Waals surface area contributed by atoms with Crippen molar-refractivity contribution in [1.29, 1.82) is 0 Å². The highest BCUT2D eigenvalue weighted by Crippen LogP contribution is 2.34. The first-order valence-electron chi connectivity index (χ1n) is 5.58. The van der Waals surface area contributed by atoms with Gasteiger partial charge in [0.25, 0.3) is 0 Å². The zero-order valence-electron chi connectivity index (χ0n) is 10.3. The maximum atomic E-state index is 13.2. The number of aromatic nitrogens is 1. The second-order valence-electron chi connectivity index (χ2n) is 3.96. The predicted octanol–water partition coefficient (Wildman–Crippen LogP) is 3.67. The van der Waals surface area contributed by atoms with Crippen LogP contribution in [0.3, 0.4) is 0 Å². The molecular weight excluding hydrogens is 308 g/mol. The normalized spacial score (nSPS) is 11.2. The van der Waals surface area contributed by atoms with Crippen molar-refractivity contribution in [2.24, 2.45) is 5.73 Å². The van der Waals surface area contributed by atoms with Gasteiger partial charge in [-0.3, -0.25) is 0 Å². The average molecular weight is 316 g/mol. The van der Waals surface area contributed by atoms with Gasteiger partial charge >= 0.3 is 6.18 Å². The second-order valence-corrected chi connectivity index (χ2v) is 4.40. The molecule has 0 fully saturated rings. The lowest BCUT2D eigenvalue weighted by Crippen LogP contribution is -2.12. The summed E-state index contributed by atoms with van der Waals surface area (Å²) < 4.78 is 56.3. The molecule has 110 valence electrons. The SMILES string of the molecule is NC(=S)c1cccnc1Oc1ccc(F)c(C(F)(F)F)c1. The van der Waals surface area contributed by atoms with Gasteiger partial charge in [-0.15, -0.1) is 0 Å². The third kappa shape index (κ3) is 3.46. The van der Waals surface area contributed by atoms with Crippen LogP contribution < -0.4 is 10.5 Å². The fraction of sp³-hybridized carbons (Fsp3) is 0.0769. The summed E-state index contributed by atoms with van der Waals surface area (Å²) in [5.74, 6) is -1.66. The first-order chi connectivity index (χ1) is 9.79. The fourth-order valence-corrected chi connectivity index (χ4v) is 1.71. The van der Waals surface area contributed by atoms with Gasteiger partial charge in [-0.1, -0.05) is 12.2 Å². The quantitative estimate of drug-likeness (QED) is 0.693. The molecule has 2 aromatic rings. The van der Waals surface area contributed by atoms with Crippen molar-refractivity contribution in [2.45, 2.75) is 6.18 Å². The molecule has 0 aliphatic carbocycles. The Balaban J connectivity index is 2.40. The Bertz CT molecular complexity index is 688. The number of thiocarbonyl (C=S) groups is 1. The number of nitrogens with two attached hydrogens (primary N) is 1. The van der Waals surface area contributed by atoms with Gasteiger partial charge < -0.3 is 10.5 Å². The summed E-state index contributed by atoms with van der Waals surface area (Å²) in [4.78, 5) is 3.83. The Kier molecular flexibility index (Phi) is 4.08. The Hall–Kier alpha value is -2.22. The van der Waals surface area contributed by atoms with Crippen LogP contribution in [0.5, 0.6) is 11.6 Å². The molecule has 3 nitrogen and oxygen atoms in total. The van der Waals surface area contributed by atoms with E-state index < -0.39 is 17.6 Å².